The molecule has 1 amide bonds. The fourth-order valence-electron chi connectivity index (χ4n) is 3.78. The zero-order valence-corrected chi connectivity index (χ0v) is 18.8. The van der Waals surface area contributed by atoms with Crippen LogP contribution in [0.1, 0.15) is 52.7 Å². The van der Waals surface area contributed by atoms with Gasteiger partial charge in [0.05, 0.1) is 18.5 Å². The first-order valence-corrected chi connectivity index (χ1v) is 12.2. The number of rotatable bonds is 7. The van der Waals surface area contributed by atoms with Gasteiger partial charge < -0.3 is 5.32 Å². The second-order valence-electron chi connectivity index (χ2n) is 8.10. The first-order valence-electron chi connectivity index (χ1n) is 10.3. The molecule has 3 rings (SSSR count). The molecule has 0 fully saturated rings. The Bertz CT molecular complexity index is 1020. The summed E-state index contributed by atoms with van der Waals surface area (Å²) >= 11 is 0. The molecule has 6 heteroatoms. The van der Waals surface area contributed by atoms with Gasteiger partial charge in [0.15, 0.2) is 0 Å². The van der Waals surface area contributed by atoms with E-state index in [1.165, 1.54) is 29.0 Å². The maximum absolute atomic E-state index is 12.4. The van der Waals surface area contributed by atoms with Gasteiger partial charge >= 0.3 is 0 Å². The Labute approximate surface area is 179 Å². The third-order valence-corrected chi connectivity index (χ3v) is 6.44. The minimum Gasteiger partial charge on any atom is -0.348 e. The minimum atomic E-state index is -3.45. The Morgan fingerprint density at radius 1 is 1.03 bits per heavy atom. The number of nitrogens with one attached hydrogen (secondary N) is 1. The lowest BCUT2D eigenvalue weighted by Gasteiger charge is -2.23. The lowest BCUT2D eigenvalue weighted by Crippen LogP contribution is -2.29. The second-order valence-corrected chi connectivity index (χ2v) is 10.0. The van der Waals surface area contributed by atoms with Crippen molar-refractivity contribution in [3.8, 4) is 0 Å². The first-order chi connectivity index (χ1) is 14.2. The molecule has 0 aliphatic heterocycles. The van der Waals surface area contributed by atoms with Crippen LogP contribution in [0, 0.1) is 13.8 Å². The normalized spacial score (nSPS) is 14.2. The predicted octanol–water partition coefficient (Wildman–Crippen LogP) is 4.50. The molecule has 0 heterocycles. The minimum absolute atomic E-state index is 0.109. The van der Waals surface area contributed by atoms with Crippen LogP contribution in [0.4, 0.5) is 5.69 Å². The van der Waals surface area contributed by atoms with Crippen LogP contribution in [0.5, 0.6) is 0 Å². The SMILES string of the molecule is Cc1cc(C)cc(N(Cc2ccc(C(=O)NCC3=CCCCC3)cc2)S(C)(=O)=O)c1. The molecule has 2 aromatic carbocycles. The topological polar surface area (TPSA) is 66.5 Å². The molecule has 0 radical (unpaired) electrons. The van der Waals surface area contributed by atoms with E-state index in [1.807, 2.05) is 44.2 Å². The maximum Gasteiger partial charge on any atom is 0.251 e. The van der Waals surface area contributed by atoms with Gasteiger partial charge in [-0.15, -0.1) is 0 Å². The molecule has 0 unspecified atom stereocenters. The molecule has 0 saturated carbocycles. The number of amides is 1. The van der Waals surface area contributed by atoms with E-state index in [4.69, 9.17) is 0 Å². The Morgan fingerprint density at radius 3 is 2.27 bits per heavy atom. The number of benzene rings is 2. The van der Waals surface area contributed by atoms with E-state index in [0.717, 1.165) is 29.5 Å². The molecule has 1 aliphatic rings. The van der Waals surface area contributed by atoms with Crippen molar-refractivity contribution in [3.05, 3.63) is 76.4 Å². The highest BCUT2D eigenvalue weighted by Gasteiger charge is 2.19. The quantitative estimate of drug-likeness (QED) is 0.663. The summed E-state index contributed by atoms with van der Waals surface area (Å²) in [6.07, 6.45) is 8.00. The van der Waals surface area contributed by atoms with Gasteiger partial charge in [0.2, 0.25) is 10.0 Å². The highest BCUT2D eigenvalue weighted by atomic mass is 32.2. The van der Waals surface area contributed by atoms with Crippen molar-refractivity contribution in [1.82, 2.24) is 5.32 Å². The Hall–Kier alpha value is -2.60. The predicted molar refractivity (Wildman–Crippen MR) is 122 cm³/mol. The van der Waals surface area contributed by atoms with Gasteiger partial charge in [-0.1, -0.05) is 29.8 Å². The summed E-state index contributed by atoms with van der Waals surface area (Å²) in [4.78, 5) is 12.4. The van der Waals surface area contributed by atoms with Crippen molar-refractivity contribution in [3.63, 3.8) is 0 Å². The van der Waals surface area contributed by atoms with E-state index in [2.05, 4.69) is 11.4 Å². The molecular formula is C24H30N2O3S. The van der Waals surface area contributed by atoms with Crippen LogP contribution in [0.2, 0.25) is 0 Å². The number of hydrogen-bond acceptors (Lipinski definition) is 3. The second kappa shape index (κ2) is 9.47. The molecule has 160 valence electrons. The van der Waals surface area contributed by atoms with Crippen molar-refractivity contribution in [2.75, 3.05) is 17.1 Å². The smallest absolute Gasteiger partial charge is 0.251 e. The van der Waals surface area contributed by atoms with Crippen LogP contribution >= 0.6 is 0 Å². The maximum atomic E-state index is 12.4. The largest absolute Gasteiger partial charge is 0.348 e. The van der Waals surface area contributed by atoms with Crippen molar-refractivity contribution >= 4 is 21.6 Å². The average Bonchev–Trinajstić information content (AvgIpc) is 2.70. The van der Waals surface area contributed by atoms with Crippen molar-refractivity contribution < 1.29 is 13.2 Å². The summed E-state index contributed by atoms with van der Waals surface area (Å²) in [6.45, 7) is 4.72. The Kier molecular flexibility index (Phi) is 6.98. The number of hydrogen-bond donors (Lipinski definition) is 1. The third-order valence-electron chi connectivity index (χ3n) is 5.30. The molecule has 0 saturated heterocycles. The summed E-state index contributed by atoms with van der Waals surface area (Å²) in [5.41, 5.74) is 5.37. The lowest BCUT2D eigenvalue weighted by molar-refractivity contribution is 0.0956. The van der Waals surface area contributed by atoms with Gasteiger partial charge in [0, 0.05) is 12.1 Å². The van der Waals surface area contributed by atoms with Crippen molar-refractivity contribution in [1.29, 1.82) is 0 Å². The Morgan fingerprint density at radius 2 is 1.70 bits per heavy atom. The molecule has 0 atom stereocenters. The van der Waals surface area contributed by atoms with E-state index in [9.17, 15) is 13.2 Å². The van der Waals surface area contributed by atoms with Gasteiger partial charge in [-0.2, -0.15) is 0 Å². The zero-order chi connectivity index (χ0) is 21.7. The standard InChI is InChI=1S/C24H30N2O3S/c1-18-13-19(2)15-23(14-18)26(30(3,28)29)17-21-9-11-22(12-10-21)24(27)25-16-20-7-5-4-6-8-20/h7,9-15H,4-6,8,16-17H2,1-3H3,(H,25,27). The monoisotopic (exact) mass is 426 g/mol. The fraction of sp³-hybridized carbons (Fsp3) is 0.375. The number of carbonyl (C=O) groups is 1. The number of carbonyl (C=O) groups excluding carboxylic acids is 1. The zero-order valence-electron chi connectivity index (χ0n) is 17.9. The Balaban J connectivity index is 1.71. The molecule has 1 aliphatic carbocycles. The summed E-state index contributed by atoms with van der Waals surface area (Å²) in [7, 11) is -3.45. The van der Waals surface area contributed by atoms with Gasteiger partial charge in [-0.3, -0.25) is 9.10 Å². The van der Waals surface area contributed by atoms with Crippen LogP contribution in [-0.2, 0) is 16.6 Å². The number of aryl methyl sites for hydroxylation is 2. The van der Waals surface area contributed by atoms with Gasteiger partial charge in [-0.05, 0) is 80.5 Å². The number of anilines is 1. The first kappa shape index (κ1) is 22.1. The third kappa shape index (κ3) is 5.95. The average molecular weight is 427 g/mol. The molecule has 2 aromatic rings. The van der Waals surface area contributed by atoms with E-state index in [-0.39, 0.29) is 12.5 Å². The van der Waals surface area contributed by atoms with Crippen LogP contribution in [0.25, 0.3) is 0 Å². The molecule has 0 spiro atoms. The van der Waals surface area contributed by atoms with Crippen LogP contribution < -0.4 is 9.62 Å². The van der Waals surface area contributed by atoms with E-state index >= 15 is 0 Å². The van der Waals surface area contributed by atoms with Crippen LogP contribution in [0.3, 0.4) is 0 Å². The highest BCUT2D eigenvalue weighted by Crippen LogP contribution is 2.24. The summed E-state index contributed by atoms with van der Waals surface area (Å²) in [6, 6.07) is 12.9. The molecule has 1 N–H and O–H groups in total. The molecule has 0 bridgehead atoms. The van der Waals surface area contributed by atoms with Crippen LogP contribution in [0.15, 0.2) is 54.1 Å². The summed E-state index contributed by atoms with van der Waals surface area (Å²) in [5, 5.41) is 2.98. The summed E-state index contributed by atoms with van der Waals surface area (Å²) < 4.78 is 26.3. The van der Waals surface area contributed by atoms with E-state index in [1.54, 1.807) is 12.1 Å². The van der Waals surface area contributed by atoms with Crippen molar-refractivity contribution in [2.24, 2.45) is 0 Å². The molecule has 0 aromatic heterocycles. The highest BCUT2D eigenvalue weighted by molar-refractivity contribution is 7.92. The molecule has 30 heavy (non-hydrogen) atoms. The summed E-state index contributed by atoms with van der Waals surface area (Å²) in [5.74, 6) is -0.109. The molecule has 5 nitrogen and oxygen atoms in total. The number of sulfonamides is 1. The molecular weight excluding hydrogens is 396 g/mol. The van der Waals surface area contributed by atoms with E-state index in [0.29, 0.717) is 17.8 Å². The number of allylic oxidation sites excluding steroid dienone is 1. The lowest BCUT2D eigenvalue weighted by atomic mass is 9.99. The fourth-order valence-corrected chi connectivity index (χ4v) is 4.66. The van der Waals surface area contributed by atoms with E-state index < -0.39 is 10.0 Å². The van der Waals surface area contributed by atoms with Gasteiger partial charge in [0.25, 0.3) is 5.91 Å². The van der Waals surface area contributed by atoms with Gasteiger partial charge in [-0.25, -0.2) is 8.42 Å². The van der Waals surface area contributed by atoms with Gasteiger partial charge in [0.1, 0.15) is 0 Å². The number of nitrogens with zero attached hydrogens (tertiary/aromatic N) is 1. The van der Waals surface area contributed by atoms with Crippen LogP contribution in [-0.4, -0.2) is 27.1 Å². The van der Waals surface area contributed by atoms with Crippen molar-refractivity contribution in [2.45, 2.75) is 46.1 Å².